The molecule has 1 N–H and O–H groups in total. The molecule has 1 aromatic carbocycles. The van der Waals surface area contributed by atoms with Crippen molar-refractivity contribution in [2.45, 2.75) is 38.9 Å². The molecule has 3 rings (SSSR count). The number of amides is 1. The van der Waals surface area contributed by atoms with Crippen LogP contribution in [0.3, 0.4) is 0 Å². The summed E-state index contributed by atoms with van der Waals surface area (Å²) in [6, 6.07) is 9.99. The van der Waals surface area contributed by atoms with Crippen LogP contribution < -0.4 is 5.32 Å². The lowest BCUT2D eigenvalue weighted by Gasteiger charge is -2.24. The van der Waals surface area contributed by atoms with Gasteiger partial charge in [0.05, 0.1) is 24.0 Å². The minimum absolute atomic E-state index is 0.0898. The van der Waals surface area contributed by atoms with Crippen molar-refractivity contribution in [1.29, 1.82) is 0 Å². The topological polar surface area (TPSA) is 45.2 Å². The molecular weight excluding hydrogens is 324 g/mol. The van der Waals surface area contributed by atoms with E-state index in [-0.39, 0.29) is 11.9 Å². The first-order valence-electron chi connectivity index (χ1n) is 8.41. The van der Waals surface area contributed by atoms with Crippen LogP contribution in [-0.2, 0) is 17.9 Å². The molecule has 1 aliphatic rings. The van der Waals surface area contributed by atoms with Crippen molar-refractivity contribution in [3.8, 4) is 0 Å². The molecule has 1 aromatic heterocycles. The first-order chi connectivity index (χ1) is 12.0. The Bertz CT molecular complexity index is 766. The predicted octanol–water partition coefficient (Wildman–Crippen LogP) is 3.33. The molecule has 0 unspecified atom stereocenters. The fraction of sp³-hybridized carbons (Fsp3) is 0.368. The number of likely N-dealkylation sites (tertiary alicyclic amines) is 1. The van der Waals surface area contributed by atoms with Crippen LogP contribution in [0.1, 0.15) is 42.8 Å². The molecule has 0 saturated carbocycles. The highest BCUT2D eigenvalue weighted by atomic mass is 19.2. The van der Waals surface area contributed by atoms with Crippen molar-refractivity contribution in [1.82, 2.24) is 15.2 Å². The number of aromatic nitrogens is 1. The summed E-state index contributed by atoms with van der Waals surface area (Å²) < 4.78 is 26.5. The van der Waals surface area contributed by atoms with E-state index in [9.17, 15) is 13.6 Å². The normalized spacial score (nSPS) is 17.6. The second-order valence-electron chi connectivity index (χ2n) is 6.34. The van der Waals surface area contributed by atoms with Gasteiger partial charge in [0.15, 0.2) is 11.6 Å². The highest BCUT2D eigenvalue weighted by molar-refractivity contribution is 5.72. The molecule has 6 heteroatoms. The van der Waals surface area contributed by atoms with E-state index in [0.29, 0.717) is 13.1 Å². The average Bonchev–Trinajstić information content (AvgIpc) is 3.05. The highest BCUT2D eigenvalue weighted by Crippen LogP contribution is 2.32. The van der Waals surface area contributed by atoms with Crippen molar-refractivity contribution < 1.29 is 13.6 Å². The number of benzene rings is 1. The SMILES string of the molecule is CC(=O)NCc1cccc([C@@H]2CCCN2Cc2ccc(F)c(F)c2)n1. The lowest BCUT2D eigenvalue weighted by atomic mass is 10.1. The van der Waals surface area contributed by atoms with Gasteiger partial charge in [0.25, 0.3) is 0 Å². The molecule has 25 heavy (non-hydrogen) atoms. The van der Waals surface area contributed by atoms with Gasteiger partial charge in [-0.25, -0.2) is 8.78 Å². The third-order valence-electron chi connectivity index (χ3n) is 4.42. The van der Waals surface area contributed by atoms with Crippen LogP contribution in [0.15, 0.2) is 36.4 Å². The largest absolute Gasteiger partial charge is 0.351 e. The third kappa shape index (κ3) is 4.39. The van der Waals surface area contributed by atoms with E-state index >= 15 is 0 Å². The number of nitrogens with zero attached hydrogens (tertiary/aromatic N) is 2. The van der Waals surface area contributed by atoms with Gasteiger partial charge in [0, 0.05) is 13.5 Å². The Balaban J connectivity index is 1.73. The van der Waals surface area contributed by atoms with E-state index in [0.717, 1.165) is 36.3 Å². The van der Waals surface area contributed by atoms with Crippen LogP contribution in [0, 0.1) is 11.6 Å². The number of hydrogen-bond donors (Lipinski definition) is 1. The first kappa shape index (κ1) is 17.5. The van der Waals surface area contributed by atoms with Crippen molar-refractivity contribution in [3.05, 3.63) is 65.0 Å². The van der Waals surface area contributed by atoms with Crippen LogP contribution in [0.25, 0.3) is 0 Å². The van der Waals surface area contributed by atoms with Gasteiger partial charge in [-0.15, -0.1) is 0 Å². The summed E-state index contributed by atoms with van der Waals surface area (Å²) in [5, 5.41) is 2.75. The lowest BCUT2D eigenvalue weighted by Crippen LogP contribution is -2.24. The van der Waals surface area contributed by atoms with E-state index in [1.165, 1.54) is 19.1 Å². The van der Waals surface area contributed by atoms with Crippen LogP contribution in [0.4, 0.5) is 8.78 Å². The average molecular weight is 345 g/mol. The molecule has 0 aliphatic carbocycles. The Morgan fingerprint density at radius 1 is 1.28 bits per heavy atom. The van der Waals surface area contributed by atoms with Gasteiger partial charge in [-0.3, -0.25) is 14.7 Å². The second kappa shape index (κ2) is 7.70. The van der Waals surface area contributed by atoms with Gasteiger partial charge in [-0.2, -0.15) is 0 Å². The van der Waals surface area contributed by atoms with Gasteiger partial charge in [0.2, 0.25) is 5.91 Å². The Kier molecular flexibility index (Phi) is 5.38. The van der Waals surface area contributed by atoms with Crippen molar-refractivity contribution in [2.75, 3.05) is 6.54 Å². The number of pyridine rings is 1. The molecule has 1 amide bonds. The van der Waals surface area contributed by atoms with E-state index in [1.54, 1.807) is 6.07 Å². The molecule has 2 aromatic rings. The zero-order valence-electron chi connectivity index (χ0n) is 14.1. The summed E-state index contributed by atoms with van der Waals surface area (Å²) in [5.74, 6) is -1.73. The third-order valence-corrected chi connectivity index (χ3v) is 4.42. The van der Waals surface area contributed by atoms with Crippen molar-refractivity contribution in [3.63, 3.8) is 0 Å². The number of carbonyl (C=O) groups excluding carboxylic acids is 1. The van der Waals surface area contributed by atoms with Crippen molar-refractivity contribution in [2.24, 2.45) is 0 Å². The Morgan fingerprint density at radius 3 is 2.88 bits per heavy atom. The van der Waals surface area contributed by atoms with Crippen LogP contribution in [0.5, 0.6) is 0 Å². The molecule has 1 atom stereocenters. The molecule has 132 valence electrons. The number of hydrogen-bond acceptors (Lipinski definition) is 3. The fourth-order valence-corrected chi connectivity index (χ4v) is 3.22. The minimum atomic E-state index is -0.825. The van der Waals surface area contributed by atoms with Crippen LogP contribution in [-0.4, -0.2) is 22.3 Å². The predicted molar refractivity (Wildman–Crippen MR) is 90.5 cm³/mol. The van der Waals surface area contributed by atoms with E-state index in [1.807, 2.05) is 18.2 Å². The lowest BCUT2D eigenvalue weighted by molar-refractivity contribution is -0.119. The van der Waals surface area contributed by atoms with Gasteiger partial charge < -0.3 is 5.32 Å². The molecule has 4 nitrogen and oxygen atoms in total. The Labute approximate surface area is 145 Å². The summed E-state index contributed by atoms with van der Waals surface area (Å²) >= 11 is 0. The molecule has 0 spiro atoms. The molecule has 2 heterocycles. The number of nitrogens with one attached hydrogen (secondary N) is 1. The molecule has 1 aliphatic heterocycles. The van der Waals surface area contributed by atoms with Crippen LogP contribution in [0.2, 0.25) is 0 Å². The molecule has 1 saturated heterocycles. The highest BCUT2D eigenvalue weighted by Gasteiger charge is 2.27. The zero-order chi connectivity index (χ0) is 17.8. The number of halogens is 2. The maximum Gasteiger partial charge on any atom is 0.217 e. The molecular formula is C19H21F2N3O. The van der Waals surface area contributed by atoms with E-state index in [2.05, 4.69) is 15.2 Å². The molecule has 0 bridgehead atoms. The molecule has 0 radical (unpaired) electrons. The standard InChI is InChI=1S/C19H21F2N3O/c1-13(25)22-11-15-4-2-5-18(23-15)19-6-3-9-24(19)12-14-7-8-16(20)17(21)10-14/h2,4-5,7-8,10,19H,3,6,9,11-12H2,1H3,(H,22,25)/t19-/m0/s1. The maximum absolute atomic E-state index is 13.4. The monoisotopic (exact) mass is 345 g/mol. The molecule has 1 fully saturated rings. The maximum atomic E-state index is 13.4. The number of rotatable bonds is 5. The fourth-order valence-electron chi connectivity index (χ4n) is 3.22. The zero-order valence-corrected chi connectivity index (χ0v) is 14.1. The van der Waals surface area contributed by atoms with E-state index < -0.39 is 11.6 Å². The summed E-state index contributed by atoms with van der Waals surface area (Å²) in [5.41, 5.74) is 2.51. The smallest absolute Gasteiger partial charge is 0.217 e. The Hall–Kier alpha value is -2.34. The summed E-state index contributed by atoms with van der Waals surface area (Å²) in [6.45, 7) is 3.32. The van der Waals surface area contributed by atoms with Gasteiger partial charge >= 0.3 is 0 Å². The summed E-state index contributed by atoms with van der Waals surface area (Å²) in [7, 11) is 0. The first-order valence-corrected chi connectivity index (χ1v) is 8.41. The van der Waals surface area contributed by atoms with Crippen LogP contribution >= 0.6 is 0 Å². The Morgan fingerprint density at radius 2 is 2.12 bits per heavy atom. The van der Waals surface area contributed by atoms with Gasteiger partial charge in [-0.05, 0) is 49.2 Å². The van der Waals surface area contributed by atoms with Gasteiger partial charge in [-0.1, -0.05) is 12.1 Å². The second-order valence-corrected chi connectivity index (χ2v) is 6.34. The summed E-state index contributed by atoms with van der Waals surface area (Å²) in [4.78, 5) is 18.0. The minimum Gasteiger partial charge on any atom is -0.351 e. The number of carbonyl (C=O) groups is 1. The van der Waals surface area contributed by atoms with E-state index in [4.69, 9.17) is 0 Å². The van der Waals surface area contributed by atoms with Gasteiger partial charge in [0.1, 0.15) is 0 Å². The van der Waals surface area contributed by atoms with Crippen molar-refractivity contribution >= 4 is 5.91 Å². The quantitative estimate of drug-likeness (QED) is 0.904. The summed E-state index contributed by atoms with van der Waals surface area (Å²) in [6.07, 6.45) is 2.01.